The molecule has 5 nitrogen and oxygen atoms in total. The van der Waals surface area contributed by atoms with Crippen molar-refractivity contribution in [2.75, 3.05) is 7.05 Å². The van der Waals surface area contributed by atoms with Gasteiger partial charge in [0.05, 0.1) is 0 Å². The van der Waals surface area contributed by atoms with Gasteiger partial charge in [0.2, 0.25) is 5.91 Å². The van der Waals surface area contributed by atoms with Gasteiger partial charge in [-0.2, -0.15) is 5.26 Å². The van der Waals surface area contributed by atoms with Crippen molar-refractivity contribution in [1.29, 1.82) is 5.26 Å². The number of hydrogen-bond donors (Lipinski definition) is 1. The van der Waals surface area contributed by atoms with Crippen LogP contribution in [0, 0.1) is 16.9 Å². The highest BCUT2D eigenvalue weighted by atomic mass is 16.2. The maximum absolute atomic E-state index is 12.2. The molecule has 2 amide bonds. The lowest BCUT2D eigenvalue weighted by atomic mass is 9.74. The topological polar surface area (TPSA) is 87.2 Å². The molecule has 1 aliphatic rings. The van der Waals surface area contributed by atoms with Crippen LogP contribution in [-0.4, -0.2) is 23.8 Å². The molecule has 0 bridgehead atoms. The number of hydrogen-bond acceptors (Lipinski definition) is 3. The molecule has 1 fully saturated rings. The number of nitriles is 1. The average molecular weight is 237 g/mol. The highest BCUT2D eigenvalue weighted by molar-refractivity contribution is 6.04. The van der Waals surface area contributed by atoms with Crippen LogP contribution in [0.5, 0.6) is 0 Å². The van der Waals surface area contributed by atoms with E-state index in [1.54, 1.807) is 6.19 Å². The zero-order chi connectivity index (χ0) is 12.9. The molecule has 0 unspecified atom stereocenters. The molecular formula is C12H19N3O2. The summed E-state index contributed by atoms with van der Waals surface area (Å²) in [6.45, 7) is 0. The van der Waals surface area contributed by atoms with Gasteiger partial charge in [-0.15, -0.1) is 0 Å². The first-order valence-corrected chi connectivity index (χ1v) is 6.02. The molecule has 0 aromatic carbocycles. The molecule has 5 heteroatoms. The normalized spacial score (nSPS) is 19.5. The van der Waals surface area contributed by atoms with E-state index in [4.69, 9.17) is 11.0 Å². The molecule has 2 N–H and O–H groups in total. The van der Waals surface area contributed by atoms with Crippen LogP contribution >= 0.6 is 0 Å². The summed E-state index contributed by atoms with van der Waals surface area (Å²) in [4.78, 5) is 24.8. The number of carbonyl (C=O) groups is 2. The summed E-state index contributed by atoms with van der Waals surface area (Å²) in [6, 6.07) is 0. The molecule has 0 aliphatic heterocycles. The van der Waals surface area contributed by atoms with Crippen LogP contribution in [-0.2, 0) is 9.59 Å². The van der Waals surface area contributed by atoms with E-state index in [9.17, 15) is 9.59 Å². The lowest BCUT2D eigenvalue weighted by molar-refractivity contribution is -0.147. The maximum Gasteiger partial charge on any atom is 0.250 e. The minimum absolute atomic E-state index is 0.450. The second-order valence-corrected chi connectivity index (χ2v) is 4.68. The SMILES string of the molecule is CN(C#N)C(=O)C1(C(N)=O)CCCCCCC1. The van der Waals surface area contributed by atoms with Gasteiger partial charge in [0.15, 0.2) is 6.19 Å². The number of amides is 2. The lowest BCUT2D eigenvalue weighted by Gasteiger charge is -2.32. The van der Waals surface area contributed by atoms with Gasteiger partial charge in [0.25, 0.3) is 5.91 Å². The van der Waals surface area contributed by atoms with Crippen molar-refractivity contribution in [3.63, 3.8) is 0 Å². The van der Waals surface area contributed by atoms with Crippen LogP contribution < -0.4 is 5.73 Å². The molecule has 0 aromatic rings. The Morgan fingerprint density at radius 2 is 1.65 bits per heavy atom. The van der Waals surface area contributed by atoms with E-state index in [0.29, 0.717) is 12.8 Å². The van der Waals surface area contributed by atoms with E-state index >= 15 is 0 Å². The predicted octanol–water partition coefficient (Wildman–Crippen LogP) is 1.14. The van der Waals surface area contributed by atoms with E-state index in [-0.39, 0.29) is 0 Å². The number of carbonyl (C=O) groups excluding carboxylic acids is 2. The largest absolute Gasteiger partial charge is 0.369 e. The van der Waals surface area contributed by atoms with Gasteiger partial charge in [-0.05, 0) is 12.8 Å². The Kier molecular flexibility index (Phi) is 4.50. The van der Waals surface area contributed by atoms with Gasteiger partial charge in [-0.1, -0.05) is 32.1 Å². The average Bonchev–Trinajstić information content (AvgIpc) is 2.27. The Balaban J connectivity index is 2.98. The number of nitrogens with zero attached hydrogens (tertiary/aromatic N) is 2. The maximum atomic E-state index is 12.2. The summed E-state index contributed by atoms with van der Waals surface area (Å²) in [7, 11) is 1.38. The molecule has 0 heterocycles. The lowest BCUT2D eigenvalue weighted by Crippen LogP contribution is -2.49. The highest BCUT2D eigenvalue weighted by Crippen LogP contribution is 2.35. The first kappa shape index (κ1) is 13.5. The molecule has 0 spiro atoms. The van der Waals surface area contributed by atoms with Crippen LogP contribution in [0.4, 0.5) is 0 Å². The molecule has 0 aromatic heterocycles. The van der Waals surface area contributed by atoms with Gasteiger partial charge in [-0.3, -0.25) is 14.5 Å². The van der Waals surface area contributed by atoms with Crippen molar-refractivity contribution < 1.29 is 9.59 Å². The van der Waals surface area contributed by atoms with E-state index < -0.39 is 17.2 Å². The highest BCUT2D eigenvalue weighted by Gasteiger charge is 2.45. The Morgan fingerprint density at radius 1 is 1.18 bits per heavy atom. The summed E-state index contributed by atoms with van der Waals surface area (Å²) >= 11 is 0. The van der Waals surface area contributed by atoms with E-state index in [2.05, 4.69) is 0 Å². The van der Waals surface area contributed by atoms with Crippen LogP contribution in [0.25, 0.3) is 0 Å². The zero-order valence-electron chi connectivity index (χ0n) is 10.2. The minimum atomic E-state index is -1.16. The third kappa shape index (κ3) is 2.76. The predicted molar refractivity (Wildman–Crippen MR) is 62.3 cm³/mol. The summed E-state index contributed by atoms with van der Waals surface area (Å²) in [5.74, 6) is -1.04. The fourth-order valence-corrected chi connectivity index (χ4v) is 2.44. The molecule has 0 radical (unpaired) electrons. The Hall–Kier alpha value is -1.57. The van der Waals surface area contributed by atoms with Crippen molar-refractivity contribution in [2.45, 2.75) is 44.9 Å². The van der Waals surface area contributed by atoms with E-state index in [1.165, 1.54) is 7.05 Å². The molecule has 0 saturated heterocycles. The fourth-order valence-electron chi connectivity index (χ4n) is 2.44. The quantitative estimate of drug-likeness (QED) is 0.444. The Morgan fingerprint density at radius 3 is 2.06 bits per heavy atom. The molecule has 1 aliphatic carbocycles. The first-order valence-electron chi connectivity index (χ1n) is 6.02. The van der Waals surface area contributed by atoms with Crippen molar-refractivity contribution >= 4 is 11.8 Å². The minimum Gasteiger partial charge on any atom is -0.369 e. The monoisotopic (exact) mass is 237 g/mol. The molecule has 94 valence electrons. The van der Waals surface area contributed by atoms with Gasteiger partial charge in [0, 0.05) is 7.05 Å². The number of primary amides is 1. The van der Waals surface area contributed by atoms with Crippen molar-refractivity contribution in [3.8, 4) is 6.19 Å². The van der Waals surface area contributed by atoms with Crippen LogP contribution in [0.2, 0.25) is 0 Å². The number of nitrogens with two attached hydrogens (primary N) is 1. The number of rotatable bonds is 2. The summed E-state index contributed by atoms with van der Waals surface area (Å²) in [5.41, 5.74) is 4.26. The van der Waals surface area contributed by atoms with Gasteiger partial charge < -0.3 is 5.73 Å². The second kappa shape index (κ2) is 5.67. The van der Waals surface area contributed by atoms with Crippen molar-refractivity contribution in [2.24, 2.45) is 11.1 Å². The molecule has 1 rings (SSSR count). The van der Waals surface area contributed by atoms with E-state index in [0.717, 1.165) is 37.0 Å². The molecule has 0 atom stereocenters. The smallest absolute Gasteiger partial charge is 0.250 e. The van der Waals surface area contributed by atoms with Crippen LogP contribution in [0.1, 0.15) is 44.9 Å². The summed E-state index contributed by atoms with van der Waals surface area (Å²) in [5, 5.41) is 8.76. The zero-order valence-corrected chi connectivity index (χ0v) is 10.2. The standard InChI is InChI=1S/C12H19N3O2/c1-15(9-13)11(17)12(10(14)16)7-5-3-2-4-6-8-12/h2-8H2,1H3,(H2,14,16). The van der Waals surface area contributed by atoms with Gasteiger partial charge >= 0.3 is 0 Å². The van der Waals surface area contributed by atoms with Crippen molar-refractivity contribution in [1.82, 2.24) is 4.90 Å². The molecule has 1 saturated carbocycles. The van der Waals surface area contributed by atoms with Crippen LogP contribution in [0.3, 0.4) is 0 Å². The third-order valence-electron chi connectivity index (χ3n) is 3.54. The summed E-state index contributed by atoms with van der Waals surface area (Å²) in [6.07, 6.45) is 7.47. The fraction of sp³-hybridized carbons (Fsp3) is 0.750. The van der Waals surface area contributed by atoms with Crippen molar-refractivity contribution in [3.05, 3.63) is 0 Å². The molecular weight excluding hydrogens is 218 g/mol. The van der Waals surface area contributed by atoms with Gasteiger partial charge in [-0.25, -0.2) is 0 Å². The molecule has 17 heavy (non-hydrogen) atoms. The van der Waals surface area contributed by atoms with E-state index in [1.807, 2.05) is 0 Å². The first-order chi connectivity index (χ1) is 8.04. The second-order valence-electron chi connectivity index (χ2n) is 4.68. The van der Waals surface area contributed by atoms with Crippen LogP contribution in [0.15, 0.2) is 0 Å². The Labute approximate surface area is 102 Å². The third-order valence-corrected chi connectivity index (χ3v) is 3.54. The summed E-state index contributed by atoms with van der Waals surface area (Å²) < 4.78 is 0. The van der Waals surface area contributed by atoms with Gasteiger partial charge in [0.1, 0.15) is 5.41 Å². The Bertz CT molecular complexity index is 338.